The van der Waals surface area contributed by atoms with Crippen LogP contribution in [-0.2, 0) is 0 Å². The first-order valence-corrected chi connectivity index (χ1v) is 11.1. The van der Waals surface area contributed by atoms with Gasteiger partial charge in [-0.1, -0.05) is 12.5 Å². The van der Waals surface area contributed by atoms with Crippen molar-refractivity contribution in [3.63, 3.8) is 0 Å². The Morgan fingerprint density at radius 2 is 1.83 bits per heavy atom. The van der Waals surface area contributed by atoms with Crippen molar-refractivity contribution in [1.29, 1.82) is 0 Å². The van der Waals surface area contributed by atoms with Crippen molar-refractivity contribution < 1.29 is 27.8 Å². The zero-order valence-corrected chi connectivity index (χ0v) is 19.2. The number of hydrogen-bond donors (Lipinski definition) is 1. The third-order valence-electron chi connectivity index (χ3n) is 5.97. The monoisotopic (exact) mass is 483 g/mol. The standard InChI is InChI=1S/C24H23F2N5O4/c1-13-21-22(31(15-8-9-15)23(32)30(13)14-6-7-14)28-20(27-21)5-4-10-29(2)24(33)35-19-12-17(26)16(25)11-18(19)34-3/h11-12,14-15H,1,6-10H2,2-3H3,(H,27,28). The van der Waals surface area contributed by atoms with Crippen molar-refractivity contribution in [2.45, 2.75) is 37.8 Å². The summed E-state index contributed by atoms with van der Waals surface area (Å²) in [6.45, 7) is 4.07. The van der Waals surface area contributed by atoms with Gasteiger partial charge in [0.05, 0.1) is 19.4 Å². The number of halogens is 2. The number of urea groups is 1. The fourth-order valence-corrected chi connectivity index (χ4v) is 3.84. The number of methoxy groups -OCH3 is 1. The maximum Gasteiger partial charge on any atom is 0.415 e. The van der Waals surface area contributed by atoms with Crippen molar-refractivity contribution in [2.24, 2.45) is 0 Å². The second-order valence-corrected chi connectivity index (χ2v) is 8.66. The number of fused-ring (bicyclic) bond motifs is 1. The summed E-state index contributed by atoms with van der Waals surface area (Å²) in [6, 6.07) is 1.76. The Hall–Kier alpha value is -4.07. The van der Waals surface area contributed by atoms with Gasteiger partial charge in [-0.2, -0.15) is 0 Å². The lowest BCUT2D eigenvalue weighted by Gasteiger charge is -2.35. The average molecular weight is 483 g/mol. The van der Waals surface area contributed by atoms with Gasteiger partial charge >= 0.3 is 12.1 Å². The lowest BCUT2D eigenvalue weighted by Crippen LogP contribution is -2.48. The largest absolute Gasteiger partial charge is 0.493 e. The van der Waals surface area contributed by atoms with E-state index in [9.17, 15) is 18.4 Å². The van der Waals surface area contributed by atoms with Crippen LogP contribution in [0.1, 0.15) is 37.2 Å². The molecule has 2 aliphatic carbocycles. The normalized spacial score (nSPS) is 17.0. The molecule has 35 heavy (non-hydrogen) atoms. The molecule has 2 heterocycles. The van der Waals surface area contributed by atoms with Gasteiger partial charge in [0.1, 0.15) is 5.69 Å². The molecule has 0 spiro atoms. The minimum atomic E-state index is -1.17. The number of hydrogen-bond acceptors (Lipinski definition) is 5. The number of rotatable bonds is 5. The minimum Gasteiger partial charge on any atom is -0.493 e. The van der Waals surface area contributed by atoms with Crippen molar-refractivity contribution in [3.05, 3.63) is 41.9 Å². The van der Waals surface area contributed by atoms with Crippen LogP contribution in [0.2, 0.25) is 0 Å². The molecule has 2 fully saturated rings. The Labute approximate surface area is 200 Å². The number of benzene rings is 1. The van der Waals surface area contributed by atoms with Crippen LogP contribution in [-0.4, -0.2) is 64.7 Å². The second-order valence-electron chi connectivity index (χ2n) is 8.66. The molecule has 0 saturated heterocycles. The van der Waals surface area contributed by atoms with Crippen LogP contribution in [0.25, 0.3) is 5.70 Å². The number of nitrogens with zero attached hydrogens (tertiary/aromatic N) is 4. The van der Waals surface area contributed by atoms with Crippen molar-refractivity contribution >= 4 is 23.6 Å². The third kappa shape index (κ3) is 4.27. The van der Waals surface area contributed by atoms with Gasteiger partial charge in [0.25, 0.3) is 0 Å². The molecule has 0 unspecified atom stereocenters. The first-order valence-electron chi connectivity index (χ1n) is 11.1. The minimum absolute atomic E-state index is 0.0311. The molecule has 2 aromatic rings. The van der Waals surface area contributed by atoms with Gasteiger partial charge in [-0.3, -0.25) is 14.7 Å². The van der Waals surface area contributed by atoms with Crippen LogP contribution in [0.4, 0.5) is 24.2 Å². The molecule has 0 atom stereocenters. The van der Waals surface area contributed by atoms with Crippen molar-refractivity contribution in [3.8, 4) is 23.3 Å². The van der Waals surface area contributed by atoms with Gasteiger partial charge in [-0.05, 0) is 31.6 Å². The number of nitrogens with one attached hydrogen (secondary N) is 1. The molecule has 5 rings (SSSR count). The van der Waals surface area contributed by atoms with Crippen LogP contribution in [0.15, 0.2) is 18.7 Å². The number of anilines is 1. The van der Waals surface area contributed by atoms with Crippen LogP contribution >= 0.6 is 0 Å². The highest BCUT2D eigenvalue weighted by Gasteiger charge is 2.47. The average Bonchev–Trinajstić information content (AvgIpc) is 3.75. The molecular weight excluding hydrogens is 460 g/mol. The molecule has 182 valence electrons. The maximum atomic E-state index is 13.5. The molecule has 3 amide bonds. The summed E-state index contributed by atoms with van der Waals surface area (Å²) in [6.07, 6.45) is 2.94. The smallest absolute Gasteiger partial charge is 0.415 e. The van der Waals surface area contributed by atoms with E-state index in [2.05, 4.69) is 28.4 Å². The topological polar surface area (TPSA) is 91.0 Å². The number of imidazole rings is 1. The number of amides is 3. The molecule has 0 bridgehead atoms. The van der Waals surface area contributed by atoms with Crippen molar-refractivity contribution in [1.82, 2.24) is 19.8 Å². The molecule has 9 nitrogen and oxygen atoms in total. The van der Waals surface area contributed by atoms with E-state index in [0.717, 1.165) is 42.7 Å². The molecule has 0 radical (unpaired) electrons. The van der Waals surface area contributed by atoms with Crippen LogP contribution in [0, 0.1) is 23.5 Å². The van der Waals surface area contributed by atoms with Gasteiger partial charge < -0.3 is 14.5 Å². The summed E-state index contributed by atoms with van der Waals surface area (Å²) in [5, 5.41) is 0. The predicted octanol–water partition coefficient (Wildman–Crippen LogP) is 3.72. The molecule has 1 N–H and O–H groups in total. The van der Waals surface area contributed by atoms with E-state index in [-0.39, 0.29) is 36.2 Å². The fourth-order valence-electron chi connectivity index (χ4n) is 3.84. The fraction of sp³-hybridized carbons (Fsp3) is 0.375. The van der Waals surface area contributed by atoms with Gasteiger partial charge in [0.15, 0.2) is 34.8 Å². The quantitative estimate of drug-likeness (QED) is 0.655. The lowest BCUT2D eigenvalue weighted by atomic mass is 10.2. The Bertz CT molecular complexity index is 1290. The second kappa shape index (κ2) is 8.61. The van der Waals surface area contributed by atoms with E-state index < -0.39 is 17.7 Å². The summed E-state index contributed by atoms with van der Waals surface area (Å²) in [5.74, 6) is 3.91. The van der Waals surface area contributed by atoms with Crippen LogP contribution in [0.3, 0.4) is 0 Å². The van der Waals surface area contributed by atoms with Gasteiger partial charge in [0, 0.05) is 31.3 Å². The first-order chi connectivity index (χ1) is 16.8. The summed E-state index contributed by atoms with van der Waals surface area (Å²) >= 11 is 0. The molecule has 11 heteroatoms. The molecule has 1 aromatic carbocycles. The molecular formula is C24H23F2N5O4. The highest BCUT2D eigenvalue weighted by atomic mass is 19.2. The Balaban J connectivity index is 1.29. The number of carbonyl (C=O) groups excluding carboxylic acids is 2. The zero-order chi connectivity index (χ0) is 24.9. The highest BCUT2D eigenvalue weighted by molar-refractivity contribution is 6.04. The summed E-state index contributed by atoms with van der Waals surface area (Å²) in [5.41, 5.74) is 1.26. The Kier molecular flexibility index (Phi) is 5.59. The molecule has 1 aromatic heterocycles. The summed E-state index contributed by atoms with van der Waals surface area (Å²) in [4.78, 5) is 37.7. The Morgan fingerprint density at radius 3 is 2.46 bits per heavy atom. The zero-order valence-electron chi connectivity index (χ0n) is 19.2. The van der Waals surface area contributed by atoms with Crippen LogP contribution in [0.5, 0.6) is 11.5 Å². The summed E-state index contributed by atoms with van der Waals surface area (Å²) in [7, 11) is 2.69. The maximum absolute atomic E-state index is 13.5. The van der Waals surface area contributed by atoms with E-state index in [1.165, 1.54) is 14.2 Å². The predicted molar refractivity (Wildman–Crippen MR) is 122 cm³/mol. The Morgan fingerprint density at radius 1 is 1.20 bits per heavy atom. The lowest BCUT2D eigenvalue weighted by molar-refractivity contribution is 0.166. The van der Waals surface area contributed by atoms with Gasteiger partial charge in [-0.15, -0.1) is 0 Å². The van der Waals surface area contributed by atoms with E-state index >= 15 is 0 Å². The number of H-pyrrole nitrogens is 1. The number of ether oxygens (including phenoxy) is 2. The van der Waals surface area contributed by atoms with E-state index in [1.807, 2.05) is 0 Å². The first kappa shape index (κ1) is 22.7. The molecule has 3 aliphatic rings. The molecule has 1 aliphatic heterocycles. The van der Waals surface area contributed by atoms with Gasteiger partial charge in [0.2, 0.25) is 0 Å². The number of aromatic amines is 1. The molecule has 2 saturated carbocycles. The van der Waals surface area contributed by atoms with E-state index in [4.69, 9.17) is 9.47 Å². The van der Waals surface area contributed by atoms with Crippen molar-refractivity contribution in [2.75, 3.05) is 25.6 Å². The highest BCUT2D eigenvalue weighted by Crippen LogP contribution is 2.44. The van der Waals surface area contributed by atoms with E-state index in [0.29, 0.717) is 23.0 Å². The number of aromatic nitrogens is 2. The SMILES string of the molecule is C=C1c2[nH]c(C#CCN(C)C(=O)Oc3cc(F)c(F)cc3OC)nc2N(C2CC2)C(=O)N1C1CC1. The number of carbonyl (C=O) groups is 2. The third-order valence-corrected chi connectivity index (χ3v) is 5.97. The summed E-state index contributed by atoms with van der Waals surface area (Å²) < 4.78 is 37.0. The van der Waals surface area contributed by atoms with E-state index in [1.54, 1.807) is 9.80 Å². The van der Waals surface area contributed by atoms with Crippen LogP contribution < -0.4 is 14.4 Å². The van der Waals surface area contributed by atoms with Gasteiger partial charge in [-0.25, -0.2) is 23.4 Å².